The summed E-state index contributed by atoms with van der Waals surface area (Å²) in [5, 5.41) is 11.8. The van der Waals surface area contributed by atoms with Gasteiger partial charge in [-0.05, 0) is 24.0 Å². The first kappa shape index (κ1) is 14.2. The second-order valence-corrected chi connectivity index (χ2v) is 4.79. The molecule has 1 atom stereocenters. The quantitative estimate of drug-likeness (QED) is 0.841. The fourth-order valence-electron chi connectivity index (χ4n) is 1.77. The van der Waals surface area contributed by atoms with E-state index in [4.69, 9.17) is 0 Å². The number of carboxylic acids is 1. The fraction of sp³-hybridized carbons (Fsp3) is 0.429. The van der Waals surface area contributed by atoms with Crippen molar-refractivity contribution in [2.75, 3.05) is 0 Å². The van der Waals surface area contributed by atoms with E-state index in [-0.39, 0.29) is 11.8 Å². The molecule has 2 N–H and O–H groups in total. The highest BCUT2D eigenvalue weighted by molar-refractivity contribution is 5.84. The molecule has 1 aromatic carbocycles. The maximum Gasteiger partial charge on any atom is 0.330 e. The summed E-state index contributed by atoms with van der Waals surface area (Å²) in [6, 6.07) is 6.20. The molecule has 1 aromatic rings. The molecule has 98 valence electrons. The van der Waals surface area contributed by atoms with E-state index in [1.807, 2.05) is 32.9 Å². The molecule has 1 unspecified atom stereocenters. The summed E-state index contributed by atoms with van der Waals surface area (Å²) in [6.45, 7) is 5.67. The zero-order valence-electron chi connectivity index (χ0n) is 10.9. The van der Waals surface area contributed by atoms with Crippen LogP contribution < -0.4 is 5.32 Å². The van der Waals surface area contributed by atoms with E-state index >= 15 is 0 Å². The van der Waals surface area contributed by atoms with Gasteiger partial charge < -0.3 is 10.4 Å². The first-order valence-electron chi connectivity index (χ1n) is 5.99. The molecule has 0 saturated carbocycles. The minimum atomic E-state index is -1.04. The number of benzene rings is 1. The molecule has 0 aliphatic heterocycles. The van der Waals surface area contributed by atoms with Crippen LogP contribution in [0.2, 0.25) is 0 Å². The lowest BCUT2D eigenvalue weighted by atomic mass is 10.0. The lowest BCUT2D eigenvalue weighted by Gasteiger charge is -2.17. The Morgan fingerprint density at radius 1 is 1.28 bits per heavy atom. The maximum atomic E-state index is 11.7. The number of nitrogens with one attached hydrogen (secondary N) is 1. The van der Waals surface area contributed by atoms with Crippen LogP contribution in [-0.2, 0) is 9.59 Å². The molecule has 0 bridgehead atoms. The van der Waals surface area contributed by atoms with Crippen LogP contribution in [0.5, 0.6) is 0 Å². The van der Waals surface area contributed by atoms with Crippen molar-refractivity contribution in [1.82, 2.24) is 5.32 Å². The van der Waals surface area contributed by atoms with Gasteiger partial charge in [-0.2, -0.15) is 0 Å². The van der Waals surface area contributed by atoms with E-state index < -0.39 is 12.0 Å². The van der Waals surface area contributed by atoms with Crippen molar-refractivity contribution in [3.8, 4) is 0 Å². The predicted molar refractivity (Wildman–Crippen MR) is 69.2 cm³/mol. The van der Waals surface area contributed by atoms with Crippen LogP contribution in [0.15, 0.2) is 24.3 Å². The average Bonchev–Trinajstić information content (AvgIpc) is 2.25. The molecule has 1 rings (SSSR count). The number of carbonyl (C=O) groups is 2. The van der Waals surface area contributed by atoms with Gasteiger partial charge in [-0.15, -0.1) is 0 Å². The molecule has 0 heterocycles. The number of amides is 1. The highest BCUT2D eigenvalue weighted by Crippen LogP contribution is 2.18. The van der Waals surface area contributed by atoms with Crippen LogP contribution >= 0.6 is 0 Å². The summed E-state index contributed by atoms with van der Waals surface area (Å²) >= 11 is 0. The van der Waals surface area contributed by atoms with Gasteiger partial charge in [-0.1, -0.05) is 38.1 Å². The van der Waals surface area contributed by atoms with Gasteiger partial charge in [-0.25, -0.2) is 4.79 Å². The zero-order chi connectivity index (χ0) is 13.7. The molecular formula is C14H19NO3. The largest absolute Gasteiger partial charge is 0.479 e. The number of carbonyl (C=O) groups excluding carboxylic acids is 1. The Morgan fingerprint density at radius 3 is 2.39 bits per heavy atom. The molecular weight excluding hydrogens is 230 g/mol. The number of hydrogen-bond donors (Lipinski definition) is 2. The summed E-state index contributed by atoms with van der Waals surface area (Å²) < 4.78 is 0. The number of hydrogen-bond acceptors (Lipinski definition) is 2. The van der Waals surface area contributed by atoms with Crippen molar-refractivity contribution < 1.29 is 14.7 Å². The molecule has 0 radical (unpaired) electrons. The molecule has 0 fully saturated rings. The normalized spacial score (nSPS) is 12.2. The minimum absolute atomic E-state index is 0.205. The van der Waals surface area contributed by atoms with Crippen molar-refractivity contribution in [3.05, 3.63) is 35.4 Å². The first-order valence-corrected chi connectivity index (χ1v) is 5.99. The molecule has 4 nitrogen and oxygen atoms in total. The van der Waals surface area contributed by atoms with E-state index in [0.717, 1.165) is 5.56 Å². The third-order valence-corrected chi connectivity index (χ3v) is 2.65. The summed E-state index contributed by atoms with van der Waals surface area (Å²) in [5.41, 5.74) is 1.48. The lowest BCUT2D eigenvalue weighted by molar-refractivity contribution is -0.142. The van der Waals surface area contributed by atoms with E-state index in [1.54, 1.807) is 12.1 Å². The molecule has 0 aliphatic carbocycles. The number of aryl methyl sites for hydroxylation is 1. The average molecular weight is 249 g/mol. The van der Waals surface area contributed by atoms with Crippen LogP contribution in [0.25, 0.3) is 0 Å². The Kier molecular flexibility index (Phi) is 4.89. The SMILES string of the molecule is Cc1ccccc1C(NC(=O)CC(C)C)C(=O)O. The zero-order valence-corrected chi connectivity index (χ0v) is 10.9. The second kappa shape index (κ2) is 6.19. The second-order valence-electron chi connectivity index (χ2n) is 4.79. The van der Waals surface area contributed by atoms with Crippen molar-refractivity contribution in [3.63, 3.8) is 0 Å². The maximum absolute atomic E-state index is 11.7. The molecule has 4 heteroatoms. The minimum Gasteiger partial charge on any atom is -0.479 e. The predicted octanol–water partition coefficient (Wildman–Crippen LogP) is 2.28. The van der Waals surface area contributed by atoms with Crippen LogP contribution in [0, 0.1) is 12.8 Å². The van der Waals surface area contributed by atoms with E-state index in [0.29, 0.717) is 12.0 Å². The molecule has 0 aromatic heterocycles. The summed E-state index contributed by atoms with van der Waals surface area (Å²) in [6.07, 6.45) is 0.329. The molecule has 0 spiro atoms. The monoisotopic (exact) mass is 249 g/mol. The Hall–Kier alpha value is -1.84. The van der Waals surface area contributed by atoms with Gasteiger partial charge in [0.2, 0.25) is 5.91 Å². The Balaban J connectivity index is 2.88. The number of aliphatic carboxylic acids is 1. The number of rotatable bonds is 5. The van der Waals surface area contributed by atoms with E-state index in [1.165, 1.54) is 0 Å². The molecule has 18 heavy (non-hydrogen) atoms. The van der Waals surface area contributed by atoms with Crippen LogP contribution in [0.4, 0.5) is 0 Å². The van der Waals surface area contributed by atoms with Gasteiger partial charge in [0.1, 0.15) is 0 Å². The van der Waals surface area contributed by atoms with Crippen molar-refractivity contribution in [1.29, 1.82) is 0 Å². The molecule has 0 saturated heterocycles. The Labute approximate surface area is 107 Å². The fourth-order valence-corrected chi connectivity index (χ4v) is 1.77. The third-order valence-electron chi connectivity index (χ3n) is 2.65. The van der Waals surface area contributed by atoms with Crippen LogP contribution in [-0.4, -0.2) is 17.0 Å². The van der Waals surface area contributed by atoms with Gasteiger partial charge in [0, 0.05) is 6.42 Å². The van der Waals surface area contributed by atoms with Crippen molar-refractivity contribution in [2.45, 2.75) is 33.2 Å². The van der Waals surface area contributed by atoms with E-state index in [2.05, 4.69) is 5.32 Å². The summed E-state index contributed by atoms with van der Waals surface area (Å²) in [5.74, 6) is -1.07. The van der Waals surface area contributed by atoms with Gasteiger partial charge >= 0.3 is 5.97 Å². The highest BCUT2D eigenvalue weighted by Gasteiger charge is 2.23. The standard InChI is InChI=1S/C14H19NO3/c1-9(2)8-12(16)15-13(14(17)18)11-7-5-4-6-10(11)3/h4-7,9,13H,8H2,1-3H3,(H,15,16)(H,17,18). The summed E-state index contributed by atoms with van der Waals surface area (Å²) in [4.78, 5) is 22.9. The Morgan fingerprint density at radius 2 is 1.89 bits per heavy atom. The number of carboxylic acid groups (broad SMARTS) is 1. The van der Waals surface area contributed by atoms with Gasteiger partial charge in [0.15, 0.2) is 6.04 Å². The molecule has 0 aliphatic rings. The van der Waals surface area contributed by atoms with Gasteiger partial charge in [0.25, 0.3) is 0 Å². The molecule has 1 amide bonds. The van der Waals surface area contributed by atoms with Crippen molar-refractivity contribution >= 4 is 11.9 Å². The van der Waals surface area contributed by atoms with Crippen LogP contribution in [0.1, 0.15) is 37.4 Å². The smallest absolute Gasteiger partial charge is 0.330 e. The van der Waals surface area contributed by atoms with E-state index in [9.17, 15) is 14.7 Å². The lowest BCUT2D eigenvalue weighted by Crippen LogP contribution is -2.34. The first-order chi connectivity index (χ1) is 8.41. The Bertz CT molecular complexity index is 440. The summed E-state index contributed by atoms with van der Waals surface area (Å²) in [7, 11) is 0. The topological polar surface area (TPSA) is 66.4 Å². The van der Waals surface area contributed by atoms with Gasteiger partial charge in [0.05, 0.1) is 0 Å². The van der Waals surface area contributed by atoms with Crippen molar-refractivity contribution in [2.24, 2.45) is 5.92 Å². The van der Waals surface area contributed by atoms with Crippen LogP contribution in [0.3, 0.4) is 0 Å². The van der Waals surface area contributed by atoms with Gasteiger partial charge in [-0.3, -0.25) is 4.79 Å². The third kappa shape index (κ3) is 3.87. The highest BCUT2D eigenvalue weighted by atomic mass is 16.4.